The third-order valence-electron chi connectivity index (χ3n) is 3.56. The zero-order valence-electron chi connectivity index (χ0n) is 13.4. The average Bonchev–Trinajstić information content (AvgIpc) is 2.58. The van der Waals surface area contributed by atoms with Crippen molar-refractivity contribution in [1.29, 1.82) is 0 Å². The van der Waals surface area contributed by atoms with E-state index in [9.17, 15) is 0 Å². The van der Waals surface area contributed by atoms with Gasteiger partial charge in [-0.25, -0.2) is 0 Å². The molecule has 114 valence electrons. The van der Waals surface area contributed by atoms with Crippen molar-refractivity contribution >= 4 is 25.2 Å². The largest absolute Gasteiger partial charge is 0.493 e. The Kier molecular flexibility index (Phi) is 6.21. The van der Waals surface area contributed by atoms with Crippen LogP contribution in [-0.4, -0.2) is 42.7 Å². The van der Waals surface area contributed by atoms with Crippen LogP contribution in [0, 0.1) is 0 Å². The summed E-state index contributed by atoms with van der Waals surface area (Å²) in [6, 6.07) is 16.3. The van der Waals surface area contributed by atoms with Crippen LogP contribution in [0.3, 0.4) is 0 Å². The third-order valence-corrected chi connectivity index (χ3v) is 3.56. The van der Waals surface area contributed by atoms with Crippen molar-refractivity contribution in [1.82, 2.24) is 0 Å². The molecule has 0 aliphatic heterocycles. The van der Waals surface area contributed by atoms with E-state index in [0.29, 0.717) is 0 Å². The van der Waals surface area contributed by atoms with Crippen molar-refractivity contribution in [2.75, 3.05) is 28.4 Å². The summed E-state index contributed by atoms with van der Waals surface area (Å²) in [5, 5.41) is 0. The number of rotatable bonds is 7. The van der Waals surface area contributed by atoms with E-state index in [2.05, 4.69) is 24.3 Å². The van der Waals surface area contributed by atoms with Crippen molar-refractivity contribution in [2.24, 2.45) is 0 Å². The van der Waals surface area contributed by atoms with E-state index >= 15 is 0 Å². The summed E-state index contributed by atoms with van der Waals surface area (Å²) in [4.78, 5) is 0. The van der Waals surface area contributed by atoms with Gasteiger partial charge in [-0.3, -0.25) is 0 Å². The number of benzene rings is 2. The van der Waals surface area contributed by atoms with Crippen LogP contribution in [-0.2, 0) is 18.6 Å². The van der Waals surface area contributed by atoms with Gasteiger partial charge in [0.15, 0.2) is 0 Å². The van der Waals surface area contributed by atoms with Crippen molar-refractivity contribution in [2.45, 2.75) is 0 Å². The van der Waals surface area contributed by atoms with Crippen LogP contribution in [0.2, 0.25) is 0 Å². The predicted molar refractivity (Wildman–Crippen MR) is 90.7 cm³/mol. The second-order valence-corrected chi connectivity index (χ2v) is 4.85. The molecule has 0 heterocycles. The summed E-state index contributed by atoms with van der Waals surface area (Å²) in [5.41, 5.74) is 4.24. The highest BCUT2D eigenvalue weighted by atomic mass is 16.6. The smallest absolute Gasteiger partial charge is 0.410 e. The first-order valence-corrected chi connectivity index (χ1v) is 7.05. The average molecular weight is 298 g/mol. The van der Waals surface area contributed by atoms with Crippen molar-refractivity contribution < 1.29 is 18.6 Å². The van der Waals surface area contributed by atoms with Gasteiger partial charge in [0.05, 0.1) is 0 Å². The molecule has 0 saturated carbocycles. The summed E-state index contributed by atoms with van der Waals surface area (Å²) in [6.45, 7) is 0. The lowest BCUT2D eigenvalue weighted by Gasteiger charge is -2.11. The minimum atomic E-state index is -0.333. The van der Waals surface area contributed by atoms with Crippen LogP contribution in [0.1, 0.15) is 0 Å². The van der Waals surface area contributed by atoms with Crippen molar-refractivity contribution in [3.63, 3.8) is 0 Å². The van der Waals surface area contributed by atoms with Crippen LogP contribution in [0.4, 0.5) is 0 Å². The zero-order chi connectivity index (χ0) is 15.9. The third kappa shape index (κ3) is 3.78. The Morgan fingerprint density at radius 2 is 0.773 bits per heavy atom. The van der Waals surface area contributed by atoms with Gasteiger partial charge in [0.1, 0.15) is 0 Å². The summed E-state index contributed by atoms with van der Waals surface area (Å²) >= 11 is 0. The van der Waals surface area contributed by atoms with Crippen LogP contribution >= 0.6 is 0 Å². The maximum Gasteiger partial charge on any atom is 0.493 e. The maximum absolute atomic E-state index is 5.25. The summed E-state index contributed by atoms with van der Waals surface area (Å²) in [5.74, 6) is 0. The molecule has 2 rings (SSSR count). The van der Waals surface area contributed by atoms with E-state index in [1.165, 1.54) is 0 Å². The molecule has 4 nitrogen and oxygen atoms in total. The molecule has 0 radical (unpaired) electrons. The fraction of sp³-hybridized carbons (Fsp3) is 0.250. The number of hydrogen-bond acceptors (Lipinski definition) is 4. The van der Waals surface area contributed by atoms with E-state index in [1.807, 2.05) is 24.3 Å². The van der Waals surface area contributed by atoms with E-state index < -0.39 is 0 Å². The maximum atomic E-state index is 5.25. The Morgan fingerprint density at radius 3 is 1.00 bits per heavy atom. The zero-order valence-corrected chi connectivity index (χ0v) is 13.4. The van der Waals surface area contributed by atoms with Gasteiger partial charge in [-0.15, -0.1) is 0 Å². The lowest BCUT2D eigenvalue weighted by molar-refractivity contribution is 0.291. The normalized spacial score (nSPS) is 10.5. The van der Waals surface area contributed by atoms with Crippen LogP contribution in [0.25, 0.3) is 11.1 Å². The first-order chi connectivity index (χ1) is 10.7. The first-order valence-electron chi connectivity index (χ1n) is 7.05. The highest BCUT2D eigenvalue weighted by molar-refractivity contribution is 6.61. The Bertz CT molecular complexity index is 510. The van der Waals surface area contributed by atoms with Crippen LogP contribution < -0.4 is 10.9 Å². The standard InChI is InChI=1S/C16H20B2O4/c1-19-17(20-2)15-9-5-13(6-10-15)14-7-11-16(12-8-14)18(21-3)22-4/h5-12H,1-4H3. The van der Waals surface area contributed by atoms with E-state index in [-0.39, 0.29) is 14.2 Å². The van der Waals surface area contributed by atoms with Gasteiger partial charge in [0.25, 0.3) is 0 Å². The van der Waals surface area contributed by atoms with E-state index in [0.717, 1.165) is 22.1 Å². The Hall–Kier alpha value is -1.59. The molecule has 22 heavy (non-hydrogen) atoms. The van der Waals surface area contributed by atoms with E-state index in [1.54, 1.807) is 28.4 Å². The molecular formula is C16H20B2O4. The van der Waals surface area contributed by atoms with Gasteiger partial charge in [-0.2, -0.15) is 0 Å². The lowest BCUT2D eigenvalue weighted by atomic mass is 9.77. The molecule has 0 aliphatic rings. The molecular weight excluding hydrogens is 278 g/mol. The fourth-order valence-electron chi connectivity index (χ4n) is 2.40. The molecule has 0 aliphatic carbocycles. The molecule has 0 aromatic heterocycles. The molecule has 0 unspecified atom stereocenters. The van der Waals surface area contributed by atoms with Gasteiger partial charge in [0.2, 0.25) is 0 Å². The molecule has 2 aromatic carbocycles. The number of hydrogen-bond donors (Lipinski definition) is 0. The monoisotopic (exact) mass is 298 g/mol. The minimum absolute atomic E-state index is 0.333. The summed E-state index contributed by atoms with van der Waals surface area (Å²) in [7, 11) is 5.85. The highest BCUT2D eigenvalue weighted by Gasteiger charge is 2.18. The lowest BCUT2D eigenvalue weighted by Crippen LogP contribution is -2.34. The molecule has 0 saturated heterocycles. The molecule has 2 aromatic rings. The quantitative estimate of drug-likeness (QED) is 0.723. The second kappa shape index (κ2) is 8.15. The van der Waals surface area contributed by atoms with E-state index in [4.69, 9.17) is 18.6 Å². The van der Waals surface area contributed by atoms with Crippen molar-refractivity contribution in [3.05, 3.63) is 48.5 Å². The Balaban J connectivity index is 2.18. The van der Waals surface area contributed by atoms with Gasteiger partial charge >= 0.3 is 14.2 Å². The van der Waals surface area contributed by atoms with Gasteiger partial charge in [0, 0.05) is 28.4 Å². The Morgan fingerprint density at radius 1 is 0.500 bits per heavy atom. The Labute approximate surface area is 132 Å². The SMILES string of the molecule is COB(OC)c1ccc(-c2ccc(B(OC)OC)cc2)cc1. The molecule has 6 heteroatoms. The molecule has 0 spiro atoms. The van der Waals surface area contributed by atoms with Gasteiger partial charge in [-0.1, -0.05) is 48.5 Å². The predicted octanol–water partition coefficient (Wildman–Crippen LogP) is 1.33. The minimum Gasteiger partial charge on any atom is -0.410 e. The first kappa shape index (κ1) is 16.8. The molecule has 0 bridgehead atoms. The van der Waals surface area contributed by atoms with Crippen LogP contribution in [0.5, 0.6) is 0 Å². The molecule has 0 amide bonds. The van der Waals surface area contributed by atoms with Crippen LogP contribution in [0.15, 0.2) is 48.5 Å². The van der Waals surface area contributed by atoms with Gasteiger partial charge < -0.3 is 18.6 Å². The summed E-state index contributed by atoms with van der Waals surface area (Å²) in [6.07, 6.45) is 0. The topological polar surface area (TPSA) is 36.9 Å². The fourth-order valence-corrected chi connectivity index (χ4v) is 2.40. The molecule has 0 fully saturated rings. The van der Waals surface area contributed by atoms with Gasteiger partial charge in [-0.05, 0) is 22.1 Å². The molecule has 0 N–H and O–H groups in total. The molecule has 0 atom stereocenters. The second-order valence-electron chi connectivity index (χ2n) is 4.85. The summed E-state index contributed by atoms with van der Waals surface area (Å²) < 4.78 is 21.0. The van der Waals surface area contributed by atoms with Crippen molar-refractivity contribution in [3.8, 4) is 11.1 Å². The highest BCUT2D eigenvalue weighted by Crippen LogP contribution is 2.17.